The van der Waals surface area contributed by atoms with E-state index in [1.54, 1.807) is 16.5 Å². The summed E-state index contributed by atoms with van der Waals surface area (Å²) in [5.74, 6) is -1.97. The first-order valence-corrected chi connectivity index (χ1v) is 11.2. The van der Waals surface area contributed by atoms with Gasteiger partial charge in [0.2, 0.25) is 5.91 Å². The van der Waals surface area contributed by atoms with Crippen molar-refractivity contribution in [3.05, 3.63) is 47.4 Å². The molecular formula is C25H34N6O3. The van der Waals surface area contributed by atoms with Crippen LogP contribution in [0.25, 0.3) is 17.1 Å². The van der Waals surface area contributed by atoms with E-state index in [0.29, 0.717) is 22.8 Å². The second-order valence-corrected chi connectivity index (χ2v) is 10.6. The van der Waals surface area contributed by atoms with Gasteiger partial charge in [0.25, 0.3) is 11.8 Å². The Morgan fingerprint density at radius 2 is 1.53 bits per heavy atom. The van der Waals surface area contributed by atoms with Gasteiger partial charge < -0.3 is 21.7 Å². The largest absolute Gasteiger partial charge is 0.364 e. The van der Waals surface area contributed by atoms with Gasteiger partial charge in [0.15, 0.2) is 0 Å². The highest BCUT2D eigenvalue weighted by molar-refractivity contribution is 6.20. The van der Waals surface area contributed by atoms with Gasteiger partial charge >= 0.3 is 0 Å². The average Bonchev–Trinajstić information content (AvgIpc) is 3.09. The van der Waals surface area contributed by atoms with Crippen LogP contribution in [0.1, 0.15) is 58.8 Å². The molecule has 1 aromatic heterocycles. The lowest BCUT2D eigenvalue weighted by Crippen LogP contribution is -2.49. The summed E-state index contributed by atoms with van der Waals surface area (Å²) in [5, 5.41) is 2.75. The average molecular weight is 467 g/mol. The molecule has 1 atom stereocenters. The van der Waals surface area contributed by atoms with Gasteiger partial charge in [0.1, 0.15) is 17.2 Å². The first-order chi connectivity index (χ1) is 15.7. The molecule has 0 bridgehead atoms. The first kappa shape index (κ1) is 25.0. The highest BCUT2D eigenvalue weighted by atomic mass is 16.2. The number of nitrogens with one attached hydrogen (secondary N) is 1. The fourth-order valence-electron chi connectivity index (χ4n) is 4.46. The molecule has 1 aliphatic heterocycles. The number of fused-ring (bicyclic) bond motifs is 1. The molecule has 0 aliphatic carbocycles. The molecule has 3 rings (SSSR count). The molecule has 9 nitrogen and oxygen atoms in total. The molecule has 182 valence electrons. The Morgan fingerprint density at radius 3 is 1.97 bits per heavy atom. The minimum Gasteiger partial charge on any atom is -0.364 e. The van der Waals surface area contributed by atoms with E-state index in [9.17, 15) is 14.4 Å². The van der Waals surface area contributed by atoms with Gasteiger partial charge in [0, 0.05) is 18.2 Å². The normalized spacial score (nSPS) is 15.1. The van der Waals surface area contributed by atoms with Gasteiger partial charge in [-0.05, 0) is 26.2 Å². The van der Waals surface area contributed by atoms with Gasteiger partial charge in [-0.15, -0.1) is 0 Å². The van der Waals surface area contributed by atoms with Crippen LogP contribution in [0.4, 0.5) is 0 Å². The fourth-order valence-corrected chi connectivity index (χ4v) is 4.46. The summed E-state index contributed by atoms with van der Waals surface area (Å²) < 4.78 is 1.61. The maximum Gasteiger partial charge on any atom is 0.268 e. The zero-order valence-electron chi connectivity index (χ0n) is 20.9. The standard InChI is InChI=1S/C25H34N6O3/c1-24(2,3)16(23(34)28-7)17-15-13-30(25(4,5)6)18(20(26)32)19(21(27)33)31(15)22(29-17)14-11-9-8-10-12-14/h8-12,16H,13H2,1-7H3,(H2,26,32)(H2,27,33)(H,28,34). The minimum absolute atomic E-state index is 0.0286. The molecule has 0 radical (unpaired) electrons. The van der Waals surface area contributed by atoms with E-state index in [2.05, 4.69) is 5.32 Å². The van der Waals surface area contributed by atoms with Crippen LogP contribution in [0.3, 0.4) is 0 Å². The monoisotopic (exact) mass is 466 g/mol. The fraction of sp³-hybridized carbons (Fsp3) is 0.440. The van der Waals surface area contributed by atoms with Crippen molar-refractivity contribution in [2.45, 2.75) is 59.5 Å². The Labute approximate surface area is 200 Å². The number of nitrogens with two attached hydrogens (primary N) is 2. The van der Waals surface area contributed by atoms with Crippen LogP contribution in [0.5, 0.6) is 0 Å². The summed E-state index contributed by atoms with van der Waals surface area (Å²) in [4.78, 5) is 45.3. The molecule has 0 fully saturated rings. The number of carbonyl (C=O) groups is 3. The summed E-state index contributed by atoms with van der Waals surface area (Å²) in [6, 6.07) is 9.27. The SMILES string of the molecule is CNC(=O)C(c1nc(-c2ccccc2)n2c1CN(C(C)(C)C)C(C(N)=O)=C2C(N)=O)C(C)(C)C. The molecule has 5 N–H and O–H groups in total. The van der Waals surface area contributed by atoms with Crippen molar-refractivity contribution in [3.8, 4) is 11.4 Å². The third-order valence-electron chi connectivity index (χ3n) is 5.99. The quantitative estimate of drug-likeness (QED) is 0.620. The van der Waals surface area contributed by atoms with E-state index in [1.165, 1.54) is 0 Å². The first-order valence-electron chi connectivity index (χ1n) is 11.2. The molecule has 9 heteroatoms. The Kier molecular flexibility index (Phi) is 6.34. The lowest BCUT2D eigenvalue weighted by molar-refractivity contribution is -0.124. The van der Waals surface area contributed by atoms with E-state index in [-0.39, 0.29) is 23.8 Å². The van der Waals surface area contributed by atoms with Crippen LogP contribution < -0.4 is 16.8 Å². The lowest BCUT2D eigenvalue weighted by Gasteiger charge is -2.42. The van der Waals surface area contributed by atoms with Crippen LogP contribution in [-0.4, -0.2) is 44.8 Å². The van der Waals surface area contributed by atoms with Gasteiger partial charge in [-0.3, -0.25) is 19.0 Å². The van der Waals surface area contributed by atoms with Crippen LogP contribution in [0.2, 0.25) is 0 Å². The van der Waals surface area contributed by atoms with E-state index >= 15 is 0 Å². The lowest BCUT2D eigenvalue weighted by atomic mass is 9.77. The Hall–Kier alpha value is -3.62. The zero-order chi connectivity index (χ0) is 25.6. The maximum absolute atomic E-state index is 13.1. The predicted molar refractivity (Wildman–Crippen MR) is 131 cm³/mol. The highest BCUT2D eigenvalue weighted by Crippen LogP contribution is 2.43. The molecule has 34 heavy (non-hydrogen) atoms. The van der Waals surface area contributed by atoms with Crippen molar-refractivity contribution in [1.82, 2.24) is 19.8 Å². The molecule has 0 saturated heterocycles. The smallest absolute Gasteiger partial charge is 0.268 e. The van der Waals surface area contributed by atoms with Crippen LogP contribution >= 0.6 is 0 Å². The number of rotatable bonds is 5. The second kappa shape index (κ2) is 8.62. The van der Waals surface area contributed by atoms with Gasteiger partial charge in [0.05, 0.1) is 23.9 Å². The van der Waals surface area contributed by atoms with E-state index in [0.717, 1.165) is 0 Å². The molecule has 1 aliphatic rings. The number of hydrogen-bond acceptors (Lipinski definition) is 5. The number of carbonyl (C=O) groups excluding carboxylic acids is 3. The molecule has 1 unspecified atom stereocenters. The number of likely N-dealkylation sites (N-methyl/N-ethyl adjacent to an activating group) is 1. The molecule has 2 aromatic rings. The van der Waals surface area contributed by atoms with E-state index in [4.69, 9.17) is 16.5 Å². The number of imidazole rings is 1. The van der Waals surface area contributed by atoms with Crippen molar-refractivity contribution in [2.75, 3.05) is 7.05 Å². The number of nitrogens with zero attached hydrogens (tertiary/aromatic N) is 3. The van der Waals surface area contributed by atoms with E-state index < -0.39 is 28.7 Å². The summed E-state index contributed by atoms with van der Waals surface area (Å²) in [5.41, 5.74) is 12.4. The number of amides is 3. The van der Waals surface area contributed by atoms with Crippen molar-refractivity contribution < 1.29 is 14.4 Å². The Balaban J connectivity index is 2.51. The molecular weight excluding hydrogens is 432 g/mol. The van der Waals surface area contributed by atoms with Gasteiger partial charge in [-0.25, -0.2) is 4.98 Å². The topological polar surface area (TPSA) is 136 Å². The van der Waals surface area contributed by atoms with E-state index in [1.807, 2.05) is 71.9 Å². The number of benzene rings is 1. The third kappa shape index (κ3) is 4.30. The molecule has 1 aromatic carbocycles. The molecule has 0 saturated carbocycles. The summed E-state index contributed by atoms with van der Waals surface area (Å²) in [6.45, 7) is 11.9. The van der Waals surface area contributed by atoms with Crippen LogP contribution in [-0.2, 0) is 20.9 Å². The van der Waals surface area contributed by atoms with Crippen molar-refractivity contribution in [2.24, 2.45) is 16.9 Å². The second-order valence-electron chi connectivity index (χ2n) is 10.6. The molecule has 0 spiro atoms. The van der Waals surface area contributed by atoms with Crippen molar-refractivity contribution in [3.63, 3.8) is 0 Å². The number of primary amides is 2. The van der Waals surface area contributed by atoms with Crippen molar-refractivity contribution >= 4 is 23.4 Å². The zero-order valence-corrected chi connectivity index (χ0v) is 20.9. The van der Waals surface area contributed by atoms with Crippen molar-refractivity contribution in [1.29, 1.82) is 0 Å². The van der Waals surface area contributed by atoms with Gasteiger partial charge in [-0.1, -0.05) is 51.1 Å². The summed E-state index contributed by atoms with van der Waals surface area (Å²) in [7, 11) is 1.59. The summed E-state index contributed by atoms with van der Waals surface area (Å²) in [6.07, 6.45) is 0. The minimum atomic E-state index is -0.808. The van der Waals surface area contributed by atoms with Crippen LogP contribution in [0, 0.1) is 5.41 Å². The molecule has 2 heterocycles. The van der Waals surface area contributed by atoms with Gasteiger partial charge in [-0.2, -0.15) is 0 Å². The number of hydrogen-bond donors (Lipinski definition) is 3. The number of aromatic nitrogens is 2. The highest BCUT2D eigenvalue weighted by Gasteiger charge is 2.43. The molecule has 3 amide bonds. The predicted octanol–water partition coefficient (Wildman–Crippen LogP) is 2.18. The Morgan fingerprint density at radius 1 is 0.971 bits per heavy atom. The third-order valence-corrected chi connectivity index (χ3v) is 5.99. The summed E-state index contributed by atoms with van der Waals surface area (Å²) >= 11 is 0. The van der Waals surface area contributed by atoms with Crippen LogP contribution in [0.15, 0.2) is 36.0 Å². The Bertz CT molecular complexity index is 1170. The maximum atomic E-state index is 13.1.